The SMILES string of the molecule is O=C(CNc1cc(Cl)cc(Cl)c1)NCC(=O)Nc1ccc(F)c(F)c1F. The Morgan fingerprint density at radius 1 is 0.885 bits per heavy atom. The van der Waals surface area contributed by atoms with Crippen LogP contribution < -0.4 is 16.0 Å². The summed E-state index contributed by atoms with van der Waals surface area (Å²) in [4.78, 5) is 23.4. The molecule has 0 heterocycles. The van der Waals surface area contributed by atoms with Crippen LogP contribution in [0.4, 0.5) is 24.5 Å². The molecule has 0 bridgehead atoms. The van der Waals surface area contributed by atoms with Gasteiger partial charge in [0.1, 0.15) is 0 Å². The number of amides is 2. The molecule has 0 aliphatic heterocycles. The van der Waals surface area contributed by atoms with E-state index in [1.807, 2.05) is 5.32 Å². The van der Waals surface area contributed by atoms with Crippen molar-refractivity contribution in [1.29, 1.82) is 0 Å². The van der Waals surface area contributed by atoms with Crippen molar-refractivity contribution < 1.29 is 22.8 Å². The second-order valence-corrected chi connectivity index (χ2v) is 5.93. The standard InChI is InChI=1S/C16H12Cl2F3N3O2/c17-8-3-9(18)5-10(4-8)22-6-13(25)23-7-14(26)24-12-2-1-11(19)15(20)16(12)21/h1-5,22H,6-7H2,(H,23,25)(H,24,26). The molecule has 0 aromatic heterocycles. The summed E-state index contributed by atoms with van der Waals surface area (Å²) >= 11 is 11.6. The van der Waals surface area contributed by atoms with Crippen LogP contribution in [-0.2, 0) is 9.59 Å². The van der Waals surface area contributed by atoms with E-state index < -0.39 is 41.5 Å². The van der Waals surface area contributed by atoms with Gasteiger partial charge in [-0.25, -0.2) is 13.2 Å². The summed E-state index contributed by atoms with van der Waals surface area (Å²) in [5, 5.41) is 7.83. The molecular formula is C16H12Cl2F3N3O2. The molecule has 0 fully saturated rings. The minimum Gasteiger partial charge on any atom is -0.376 e. The summed E-state index contributed by atoms with van der Waals surface area (Å²) < 4.78 is 39.3. The Labute approximate surface area is 156 Å². The maximum atomic E-state index is 13.4. The third kappa shape index (κ3) is 5.53. The Balaban J connectivity index is 1.81. The monoisotopic (exact) mass is 405 g/mol. The number of carbonyl (C=O) groups excluding carboxylic acids is 2. The summed E-state index contributed by atoms with van der Waals surface area (Å²) in [7, 11) is 0. The van der Waals surface area contributed by atoms with Crippen molar-refractivity contribution >= 4 is 46.4 Å². The number of nitrogens with one attached hydrogen (secondary N) is 3. The lowest BCUT2D eigenvalue weighted by molar-refractivity contribution is -0.122. The van der Waals surface area contributed by atoms with E-state index in [0.29, 0.717) is 21.8 Å². The lowest BCUT2D eigenvalue weighted by atomic mass is 10.2. The Morgan fingerprint density at radius 2 is 1.54 bits per heavy atom. The molecule has 0 radical (unpaired) electrons. The first-order valence-electron chi connectivity index (χ1n) is 7.16. The van der Waals surface area contributed by atoms with E-state index in [2.05, 4.69) is 10.6 Å². The highest BCUT2D eigenvalue weighted by molar-refractivity contribution is 6.35. The highest BCUT2D eigenvalue weighted by Gasteiger charge is 2.15. The number of hydrogen-bond donors (Lipinski definition) is 3. The zero-order chi connectivity index (χ0) is 19.3. The largest absolute Gasteiger partial charge is 0.376 e. The van der Waals surface area contributed by atoms with E-state index >= 15 is 0 Å². The second kappa shape index (κ2) is 8.77. The minimum atomic E-state index is -1.70. The van der Waals surface area contributed by atoms with Crippen LogP contribution in [-0.4, -0.2) is 24.9 Å². The zero-order valence-electron chi connectivity index (χ0n) is 13.0. The van der Waals surface area contributed by atoms with Gasteiger partial charge in [0.05, 0.1) is 18.8 Å². The van der Waals surface area contributed by atoms with Crippen molar-refractivity contribution in [3.8, 4) is 0 Å². The molecule has 5 nitrogen and oxygen atoms in total. The van der Waals surface area contributed by atoms with Crippen molar-refractivity contribution in [2.75, 3.05) is 23.7 Å². The van der Waals surface area contributed by atoms with Crippen LogP contribution in [0.15, 0.2) is 30.3 Å². The van der Waals surface area contributed by atoms with Gasteiger partial charge >= 0.3 is 0 Å². The van der Waals surface area contributed by atoms with Crippen LogP contribution in [0.2, 0.25) is 10.0 Å². The van der Waals surface area contributed by atoms with Gasteiger partial charge in [-0.3, -0.25) is 9.59 Å². The molecule has 138 valence electrons. The first kappa shape index (κ1) is 19.9. The number of rotatable bonds is 6. The van der Waals surface area contributed by atoms with Crippen LogP contribution in [0.3, 0.4) is 0 Å². The smallest absolute Gasteiger partial charge is 0.243 e. The Kier molecular flexibility index (Phi) is 6.70. The maximum Gasteiger partial charge on any atom is 0.243 e. The molecule has 2 rings (SSSR count). The Bertz CT molecular complexity index is 829. The van der Waals surface area contributed by atoms with Crippen molar-refractivity contribution in [3.63, 3.8) is 0 Å². The van der Waals surface area contributed by atoms with E-state index in [1.165, 1.54) is 6.07 Å². The molecule has 10 heteroatoms. The Hall–Kier alpha value is -2.45. The van der Waals surface area contributed by atoms with Gasteiger partial charge in [0.25, 0.3) is 0 Å². The van der Waals surface area contributed by atoms with Crippen LogP contribution in [0.5, 0.6) is 0 Å². The molecule has 2 aromatic rings. The van der Waals surface area contributed by atoms with E-state index in [-0.39, 0.29) is 6.54 Å². The number of halogens is 5. The van der Waals surface area contributed by atoms with Crippen molar-refractivity contribution in [2.45, 2.75) is 0 Å². The van der Waals surface area contributed by atoms with Gasteiger partial charge in [0, 0.05) is 15.7 Å². The van der Waals surface area contributed by atoms with Gasteiger partial charge in [0.2, 0.25) is 11.8 Å². The second-order valence-electron chi connectivity index (χ2n) is 5.06. The Morgan fingerprint density at radius 3 is 2.19 bits per heavy atom. The molecule has 3 N–H and O–H groups in total. The average molecular weight is 406 g/mol. The van der Waals surface area contributed by atoms with E-state index in [9.17, 15) is 22.8 Å². The molecule has 2 aromatic carbocycles. The highest BCUT2D eigenvalue weighted by atomic mass is 35.5. The first-order valence-corrected chi connectivity index (χ1v) is 7.92. The summed E-state index contributed by atoms with van der Waals surface area (Å²) in [5.41, 5.74) is -0.0270. The number of hydrogen-bond acceptors (Lipinski definition) is 3. The number of anilines is 2. The van der Waals surface area contributed by atoms with Gasteiger partial charge in [-0.05, 0) is 30.3 Å². The molecule has 0 aliphatic carbocycles. The molecular weight excluding hydrogens is 394 g/mol. The first-order chi connectivity index (χ1) is 12.3. The summed E-state index contributed by atoms with van der Waals surface area (Å²) in [6, 6.07) is 6.18. The van der Waals surface area contributed by atoms with Crippen LogP contribution in [0, 0.1) is 17.5 Å². The fourth-order valence-corrected chi connectivity index (χ4v) is 2.42. The molecule has 0 atom stereocenters. The highest BCUT2D eigenvalue weighted by Crippen LogP contribution is 2.22. The number of carbonyl (C=O) groups is 2. The van der Waals surface area contributed by atoms with Crippen LogP contribution in [0.25, 0.3) is 0 Å². The lowest BCUT2D eigenvalue weighted by Gasteiger charge is -2.10. The quantitative estimate of drug-likeness (QED) is 0.643. The molecule has 0 aliphatic rings. The van der Waals surface area contributed by atoms with E-state index in [1.54, 1.807) is 12.1 Å². The van der Waals surface area contributed by atoms with E-state index in [4.69, 9.17) is 23.2 Å². The van der Waals surface area contributed by atoms with E-state index in [0.717, 1.165) is 6.07 Å². The topological polar surface area (TPSA) is 70.2 Å². The third-order valence-corrected chi connectivity index (χ3v) is 3.51. The fourth-order valence-electron chi connectivity index (χ4n) is 1.90. The molecule has 0 saturated heterocycles. The summed E-state index contributed by atoms with van der Waals surface area (Å²) in [6.45, 7) is -0.668. The van der Waals surface area contributed by atoms with Crippen LogP contribution in [0.1, 0.15) is 0 Å². The lowest BCUT2D eigenvalue weighted by Crippen LogP contribution is -2.36. The predicted molar refractivity (Wildman–Crippen MR) is 92.9 cm³/mol. The predicted octanol–water partition coefficient (Wildman–Crippen LogP) is 3.58. The summed E-state index contributed by atoms with van der Waals surface area (Å²) in [5.74, 6) is -5.95. The molecule has 26 heavy (non-hydrogen) atoms. The van der Waals surface area contributed by atoms with Crippen LogP contribution >= 0.6 is 23.2 Å². The molecule has 0 saturated carbocycles. The third-order valence-electron chi connectivity index (χ3n) is 3.07. The van der Waals surface area contributed by atoms with Gasteiger partial charge in [-0.1, -0.05) is 23.2 Å². The van der Waals surface area contributed by atoms with Gasteiger partial charge in [-0.15, -0.1) is 0 Å². The fraction of sp³-hybridized carbons (Fsp3) is 0.125. The van der Waals surface area contributed by atoms with Crippen molar-refractivity contribution in [2.24, 2.45) is 0 Å². The zero-order valence-corrected chi connectivity index (χ0v) is 14.5. The van der Waals surface area contributed by atoms with Gasteiger partial charge in [0.15, 0.2) is 17.5 Å². The van der Waals surface area contributed by atoms with Crippen molar-refractivity contribution in [1.82, 2.24) is 5.32 Å². The van der Waals surface area contributed by atoms with Gasteiger partial charge in [-0.2, -0.15) is 0 Å². The normalized spacial score (nSPS) is 10.3. The van der Waals surface area contributed by atoms with Crippen molar-refractivity contribution in [3.05, 3.63) is 57.8 Å². The van der Waals surface area contributed by atoms with Gasteiger partial charge < -0.3 is 16.0 Å². The maximum absolute atomic E-state index is 13.4. The minimum absolute atomic E-state index is 0.177. The molecule has 0 spiro atoms. The number of benzene rings is 2. The molecule has 0 unspecified atom stereocenters. The summed E-state index contributed by atoms with van der Waals surface area (Å²) in [6.07, 6.45) is 0. The average Bonchev–Trinajstić information content (AvgIpc) is 2.58. The molecule has 2 amide bonds.